The Morgan fingerprint density at radius 3 is 2.54 bits per heavy atom. The Balaban J connectivity index is 1.28. The molecule has 0 N–H and O–H groups in total. The fourth-order valence-electron chi connectivity index (χ4n) is 3.88. The van der Waals surface area contributed by atoms with Crippen molar-refractivity contribution >= 4 is 5.95 Å². The highest BCUT2D eigenvalue weighted by Crippen LogP contribution is 2.20. The number of anilines is 1. The molecule has 4 rings (SSSR count). The summed E-state index contributed by atoms with van der Waals surface area (Å²) in [5, 5.41) is 11.8. The Morgan fingerprint density at radius 1 is 1.04 bits per heavy atom. The molecule has 1 aromatic carbocycles. The number of piperazine rings is 1. The van der Waals surface area contributed by atoms with E-state index in [1.165, 1.54) is 25.1 Å². The van der Waals surface area contributed by atoms with E-state index in [1.54, 1.807) is 4.68 Å². The molecule has 128 valence electrons. The van der Waals surface area contributed by atoms with Crippen LogP contribution in [-0.2, 0) is 13.6 Å². The lowest BCUT2D eigenvalue weighted by molar-refractivity contribution is 0.180. The summed E-state index contributed by atoms with van der Waals surface area (Å²) in [7, 11) is 1.90. The van der Waals surface area contributed by atoms with Crippen molar-refractivity contribution in [3.63, 3.8) is 0 Å². The quantitative estimate of drug-likeness (QED) is 0.820. The molecule has 3 heterocycles. The Kier molecular flexibility index (Phi) is 4.44. The third kappa shape index (κ3) is 3.27. The lowest BCUT2D eigenvalue weighted by Gasteiger charge is -2.38. The summed E-state index contributed by atoms with van der Waals surface area (Å²) in [5.74, 6) is 0.881. The molecule has 1 aromatic heterocycles. The maximum Gasteiger partial charge on any atom is 0.245 e. The maximum atomic E-state index is 4.12. The van der Waals surface area contributed by atoms with Gasteiger partial charge in [0.15, 0.2) is 0 Å². The number of rotatable bonds is 4. The first-order valence-electron chi connectivity index (χ1n) is 8.77. The average Bonchev–Trinajstić information content (AvgIpc) is 3.25. The fourth-order valence-corrected chi connectivity index (χ4v) is 3.88. The van der Waals surface area contributed by atoms with Crippen LogP contribution in [0.15, 0.2) is 30.3 Å². The summed E-state index contributed by atoms with van der Waals surface area (Å²) >= 11 is 0. The van der Waals surface area contributed by atoms with Crippen molar-refractivity contribution in [1.29, 1.82) is 0 Å². The number of aromatic nitrogens is 4. The van der Waals surface area contributed by atoms with Gasteiger partial charge in [-0.05, 0) is 22.4 Å². The van der Waals surface area contributed by atoms with Crippen molar-refractivity contribution in [1.82, 2.24) is 30.0 Å². The second kappa shape index (κ2) is 6.86. The van der Waals surface area contributed by atoms with Crippen LogP contribution in [0.5, 0.6) is 0 Å². The van der Waals surface area contributed by atoms with Gasteiger partial charge in [-0.15, -0.1) is 0 Å². The molecule has 7 nitrogen and oxygen atoms in total. The van der Waals surface area contributed by atoms with E-state index in [2.05, 4.69) is 60.6 Å². The predicted octanol–water partition coefficient (Wildman–Crippen LogP) is 0.607. The summed E-state index contributed by atoms with van der Waals surface area (Å²) in [6.07, 6.45) is 1.28. The highest BCUT2D eigenvalue weighted by Gasteiger charge is 2.30. The highest BCUT2D eigenvalue weighted by atomic mass is 15.6. The van der Waals surface area contributed by atoms with E-state index in [0.717, 1.165) is 38.7 Å². The summed E-state index contributed by atoms with van der Waals surface area (Å²) in [6, 6.07) is 11.5. The second-order valence-corrected chi connectivity index (χ2v) is 6.79. The molecule has 0 bridgehead atoms. The van der Waals surface area contributed by atoms with Crippen molar-refractivity contribution in [2.45, 2.75) is 19.0 Å². The predicted molar refractivity (Wildman–Crippen MR) is 92.7 cm³/mol. The van der Waals surface area contributed by atoms with Crippen LogP contribution in [-0.4, -0.2) is 75.3 Å². The van der Waals surface area contributed by atoms with Crippen LogP contribution in [0.25, 0.3) is 0 Å². The zero-order chi connectivity index (χ0) is 16.4. The second-order valence-electron chi connectivity index (χ2n) is 6.79. The molecular formula is C17H25N7. The van der Waals surface area contributed by atoms with Gasteiger partial charge in [-0.3, -0.25) is 9.80 Å². The first-order chi connectivity index (χ1) is 11.8. The van der Waals surface area contributed by atoms with Gasteiger partial charge in [0.25, 0.3) is 0 Å². The van der Waals surface area contributed by atoms with Crippen LogP contribution in [0, 0.1) is 0 Å². The van der Waals surface area contributed by atoms with Gasteiger partial charge in [0.1, 0.15) is 0 Å². The molecule has 2 fully saturated rings. The molecular weight excluding hydrogens is 302 g/mol. The van der Waals surface area contributed by atoms with E-state index in [0.29, 0.717) is 6.04 Å². The number of hydrogen-bond donors (Lipinski definition) is 0. The van der Waals surface area contributed by atoms with Crippen molar-refractivity contribution in [2.24, 2.45) is 7.05 Å². The minimum atomic E-state index is 0.688. The topological polar surface area (TPSA) is 53.3 Å². The third-order valence-electron chi connectivity index (χ3n) is 5.21. The molecule has 1 atom stereocenters. The van der Waals surface area contributed by atoms with Crippen molar-refractivity contribution in [3.8, 4) is 0 Å². The number of tetrazole rings is 1. The van der Waals surface area contributed by atoms with E-state index in [-0.39, 0.29) is 0 Å². The van der Waals surface area contributed by atoms with Crippen molar-refractivity contribution in [2.75, 3.05) is 44.2 Å². The Bertz CT molecular complexity index is 648. The van der Waals surface area contributed by atoms with Crippen LogP contribution in [0.2, 0.25) is 0 Å². The van der Waals surface area contributed by atoms with Gasteiger partial charge in [0.05, 0.1) is 0 Å². The summed E-state index contributed by atoms with van der Waals surface area (Å²) in [6.45, 7) is 7.65. The third-order valence-corrected chi connectivity index (χ3v) is 5.21. The number of hydrogen-bond acceptors (Lipinski definition) is 6. The first-order valence-corrected chi connectivity index (χ1v) is 8.77. The highest BCUT2D eigenvalue weighted by molar-refractivity contribution is 5.28. The van der Waals surface area contributed by atoms with Gasteiger partial charge >= 0.3 is 0 Å². The molecule has 0 amide bonds. The number of likely N-dealkylation sites (tertiary alicyclic amines) is 1. The Labute approximate surface area is 142 Å². The molecule has 0 radical (unpaired) electrons. The Hall–Kier alpha value is -1.99. The van der Waals surface area contributed by atoms with Crippen LogP contribution < -0.4 is 4.90 Å². The number of aryl methyl sites for hydroxylation is 1. The maximum absolute atomic E-state index is 4.12. The standard InChI is InChI=1S/C17H25N7/c1-21-17(18-19-20-21)24-11-9-23(10-12-24)16-7-8-22(14-16)13-15-5-3-2-4-6-15/h2-6,16H,7-14H2,1H3. The van der Waals surface area contributed by atoms with E-state index >= 15 is 0 Å². The van der Waals surface area contributed by atoms with Crippen LogP contribution >= 0.6 is 0 Å². The largest absolute Gasteiger partial charge is 0.337 e. The smallest absolute Gasteiger partial charge is 0.245 e. The van der Waals surface area contributed by atoms with Crippen LogP contribution in [0.4, 0.5) is 5.95 Å². The summed E-state index contributed by atoms with van der Waals surface area (Å²) in [4.78, 5) is 7.51. The monoisotopic (exact) mass is 327 g/mol. The SMILES string of the molecule is Cn1nnnc1N1CCN(C2CCN(Cc3ccccc3)C2)CC1. The zero-order valence-electron chi connectivity index (χ0n) is 14.3. The number of nitrogens with zero attached hydrogens (tertiary/aromatic N) is 7. The molecule has 2 saturated heterocycles. The summed E-state index contributed by atoms with van der Waals surface area (Å²) in [5.41, 5.74) is 1.41. The van der Waals surface area contributed by atoms with Gasteiger partial charge in [0.2, 0.25) is 5.95 Å². The number of benzene rings is 1. The van der Waals surface area contributed by atoms with Crippen molar-refractivity contribution in [3.05, 3.63) is 35.9 Å². The minimum absolute atomic E-state index is 0.688. The lowest BCUT2D eigenvalue weighted by atomic mass is 10.2. The zero-order valence-corrected chi connectivity index (χ0v) is 14.3. The lowest BCUT2D eigenvalue weighted by Crippen LogP contribution is -2.51. The molecule has 2 aliphatic heterocycles. The minimum Gasteiger partial charge on any atom is -0.337 e. The first kappa shape index (κ1) is 15.5. The van der Waals surface area contributed by atoms with E-state index in [9.17, 15) is 0 Å². The molecule has 0 aliphatic carbocycles. The molecule has 7 heteroatoms. The van der Waals surface area contributed by atoms with Gasteiger partial charge in [-0.1, -0.05) is 35.4 Å². The van der Waals surface area contributed by atoms with Crippen LogP contribution in [0.1, 0.15) is 12.0 Å². The Morgan fingerprint density at radius 2 is 1.83 bits per heavy atom. The van der Waals surface area contributed by atoms with Gasteiger partial charge < -0.3 is 4.90 Å². The molecule has 2 aromatic rings. The van der Waals surface area contributed by atoms with E-state index in [4.69, 9.17) is 0 Å². The van der Waals surface area contributed by atoms with Gasteiger partial charge in [0, 0.05) is 58.9 Å². The molecule has 24 heavy (non-hydrogen) atoms. The normalized spacial score (nSPS) is 23.0. The summed E-state index contributed by atoms with van der Waals surface area (Å²) < 4.78 is 1.76. The van der Waals surface area contributed by atoms with E-state index in [1.807, 2.05) is 7.05 Å². The van der Waals surface area contributed by atoms with Crippen LogP contribution in [0.3, 0.4) is 0 Å². The van der Waals surface area contributed by atoms with Gasteiger partial charge in [-0.2, -0.15) is 0 Å². The van der Waals surface area contributed by atoms with Crippen molar-refractivity contribution < 1.29 is 0 Å². The fraction of sp³-hybridized carbons (Fsp3) is 0.588. The molecule has 1 unspecified atom stereocenters. The average molecular weight is 327 g/mol. The molecule has 0 spiro atoms. The molecule has 2 aliphatic rings. The van der Waals surface area contributed by atoms with E-state index < -0.39 is 0 Å². The molecule has 0 saturated carbocycles. The van der Waals surface area contributed by atoms with Gasteiger partial charge in [-0.25, -0.2) is 4.68 Å².